The summed E-state index contributed by atoms with van der Waals surface area (Å²) in [7, 11) is 0. The van der Waals surface area contributed by atoms with E-state index < -0.39 is 0 Å². The number of anilines is 2. The lowest BCUT2D eigenvalue weighted by Gasteiger charge is -2.31. The standard InChI is InChI=1S/C36H46N4O2/c1-35(2,27-12-16-31(17-13-27)37-33(41)25-39-20-5-6-21-39)29-10-9-11-30(24-29)36(3,4)28-14-18-32(19-15-28)38-34(42)26-40-22-7-8-23-40/h9-19,24H,5-8,20-23,25-26H2,1-4H3,(H,37,41)(H,38,42). The van der Waals surface area contributed by atoms with Crippen molar-refractivity contribution in [3.05, 3.63) is 95.1 Å². The van der Waals surface area contributed by atoms with Crippen molar-refractivity contribution < 1.29 is 9.59 Å². The minimum atomic E-state index is -0.215. The number of carbonyl (C=O) groups excluding carboxylic acids is 2. The Labute approximate surface area is 251 Å². The van der Waals surface area contributed by atoms with E-state index in [2.05, 4.69) is 96.7 Å². The molecule has 2 aliphatic rings. The monoisotopic (exact) mass is 566 g/mol. The van der Waals surface area contributed by atoms with E-state index in [1.807, 2.05) is 24.3 Å². The third-order valence-corrected chi connectivity index (χ3v) is 9.22. The van der Waals surface area contributed by atoms with Gasteiger partial charge in [-0.05, 0) is 98.4 Å². The lowest BCUT2D eigenvalue weighted by atomic mass is 9.73. The van der Waals surface area contributed by atoms with Crippen LogP contribution in [0.3, 0.4) is 0 Å². The van der Waals surface area contributed by atoms with Gasteiger partial charge in [0.1, 0.15) is 0 Å². The summed E-state index contributed by atoms with van der Waals surface area (Å²) in [5.41, 5.74) is 6.12. The molecule has 5 rings (SSSR count). The number of carbonyl (C=O) groups is 2. The molecule has 2 aliphatic heterocycles. The van der Waals surface area contributed by atoms with Gasteiger partial charge in [0.15, 0.2) is 0 Å². The van der Waals surface area contributed by atoms with Gasteiger partial charge in [-0.2, -0.15) is 0 Å². The first-order valence-corrected chi connectivity index (χ1v) is 15.5. The van der Waals surface area contributed by atoms with E-state index in [4.69, 9.17) is 0 Å². The SMILES string of the molecule is CC(C)(c1ccc(NC(=O)CN2CCCC2)cc1)c1cccc(C(C)(C)c2ccc(NC(=O)CN3CCCC3)cc2)c1. The number of hydrogen-bond donors (Lipinski definition) is 2. The van der Waals surface area contributed by atoms with E-state index in [9.17, 15) is 9.59 Å². The highest BCUT2D eigenvalue weighted by molar-refractivity contribution is 5.92. The quantitative estimate of drug-likeness (QED) is 0.298. The predicted molar refractivity (Wildman–Crippen MR) is 172 cm³/mol. The Morgan fingerprint density at radius 1 is 0.571 bits per heavy atom. The molecule has 222 valence electrons. The Bertz CT molecular complexity index is 1260. The minimum Gasteiger partial charge on any atom is -0.325 e. The fourth-order valence-corrected chi connectivity index (χ4v) is 6.26. The van der Waals surface area contributed by atoms with Gasteiger partial charge >= 0.3 is 0 Å². The molecule has 2 fully saturated rings. The summed E-state index contributed by atoms with van der Waals surface area (Å²) in [4.78, 5) is 29.4. The molecule has 2 heterocycles. The van der Waals surface area contributed by atoms with Gasteiger partial charge in [-0.15, -0.1) is 0 Å². The molecule has 6 heteroatoms. The second-order valence-electron chi connectivity index (χ2n) is 13.0. The molecule has 3 aromatic rings. The van der Waals surface area contributed by atoms with Crippen molar-refractivity contribution in [2.45, 2.75) is 64.2 Å². The summed E-state index contributed by atoms with van der Waals surface area (Å²) in [6.45, 7) is 14.0. The lowest BCUT2D eigenvalue weighted by Crippen LogP contribution is -2.30. The molecular weight excluding hydrogens is 520 g/mol. The highest BCUT2D eigenvalue weighted by atomic mass is 16.2. The van der Waals surface area contributed by atoms with Crippen molar-refractivity contribution in [1.82, 2.24) is 9.80 Å². The molecule has 0 unspecified atom stereocenters. The molecule has 2 saturated heterocycles. The van der Waals surface area contributed by atoms with Gasteiger partial charge in [0.2, 0.25) is 11.8 Å². The molecule has 3 aromatic carbocycles. The van der Waals surface area contributed by atoms with Crippen LogP contribution in [0, 0.1) is 0 Å². The molecule has 2 amide bonds. The summed E-state index contributed by atoms with van der Waals surface area (Å²) in [6.07, 6.45) is 4.72. The second kappa shape index (κ2) is 12.8. The van der Waals surface area contributed by atoms with E-state index in [1.165, 1.54) is 47.9 Å². The van der Waals surface area contributed by atoms with E-state index >= 15 is 0 Å². The van der Waals surface area contributed by atoms with Crippen LogP contribution in [-0.4, -0.2) is 60.9 Å². The maximum absolute atomic E-state index is 12.5. The van der Waals surface area contributed by atoms with Crippen LogP contribution in [0.2, 0.25) is 0 Å². The van der Waals surface area contributed by atoms with Crippen LogP contribution in [0.5, 0.6) is 0 Å². The molecule has 0 saturated carbocycles. The highest BCUT2D eigenvalue weighted by Crippen LogP contribution is 2.37. The Kier molecular flexibility index (Phi) is 9.14. The number of nitrogens with one attached hydrogen (secondary N) is 2. The van der Waals surface area contributed by atoms with Crippen LogP contribution in [-0.2, 0) is 20.4 Å². The van der Waals surface area contributed by atoms with E-state index in [-0.39, 0.29) is 22.6 Å². The van der Waals surface area contributed by atoms with Gasteiger partial charge in [0, 0.05) is 22.2 Å². The largest absolute Gasteiger partial charge is 0.325 e. The van der Waals surface area contributed by atoms with Crippen molar-refractivity contribution >= 4 is 23.2 Å². The number of nitrogens with zero attached hydrogens (tertiary/aromatic N) is 2. The third kappa shape index (κ3) is 7.11. The van der Waals surface area contributed by atoms with Crippen molar-refractivity contribution in [2.24, 2.45) is 0 Å². The highest BCUT2D eigenvalue weighted by Gasteiger charge is 2.28. The van der Waals surface area contributed by atoms with Crippen LogP contribution in [0.15, 0.2) is 72.8 Å². The third-order valence-electron chi connectivity index (χ3n) is 9.22. The smallest absolute Gasteiger partial charge is 0.238 e. The Morgan fingerprint density at radius 3 is 1.29 bits per heavy atom. The van der Waals surface area contributed by atoms with Gasteiger partial charge in [-0.1, -0.05) is 76.2 Å². The van der Waals surface area contributed by atoms with Crippen LogP contribution in [0.1, 0.15) is 75.6 Å². The topological polar surface area (TPSA) is 64.7 Å². The van der Waals surface area contributed by atoms with Gasteiger partial charge in [0.05, 0.1) is 13.1 Å². The maximum Gasteiger partial charge on any atom is 0.238 e. The van der Waals surface area contributed by atoms with E-state index in [0.29, 0.717) is 13.1 Å². The minimum absolute atomic E-state index is 0.0522. The zero-order valence-corrected chi connectivity index (χ0v) is 25.7. The number of hydrogen-bond acceptors (Lipinski definition) is 4. The Hall–Kier alpha value is -3.48. The zero-order valence-electron chi connectivity index (χ0n) is 25.7. The summed E-state index contributed by atoms with van der Waals surface area (Å²) >= 11 is 0. The van der Waals surface area contributed by atoms with Crippen molar-refractivity contribution in [3.8, 4) is 0 Å². The summed E-state index contributed by atoms with van der Waals surface area (Å²) < 4.78 is 0. The average molecular weight is 567 g/mol. The Balaban J connectivity index is 1.25. The molecule has 0 bridgehead atoms. The molecule has 6 nitrogen and oxygen atoms in total. The maximum atomic E-state index is 12.5. The molecule has 0 aromatic heterocycles. The lowest BCUT2D eigenvalue weighted by molar-refractivity contribution is -0.117. The average Bonchev–Trinajstić information content (AvgIpc) is 3.68. The van der Waals surface area contributed by atoms with E-state index in [1.54, 1.807) is 0 Å². The molecule has 0 atom stereocenters. The number of likely N-dealkylation sites (tertiary alicyclic amines) is 2. The van der Waals surface area contributed by atoms with Crippen molar-refractivity contribution in [3.63, 3.8) is 0 Å². The first-order valence-electron chi connectivity index (χ1n) is 15.5. The first-order chi connectivity index (χ1) is 20.1. The van der Waals surface area contributed by atoms with Gasteiger partial charge < -0.3 is 10.6 Å². The van der Waals surface area contributed by atoms with E-state index in [0.717, 1.165) is 37.6 Å². The first kappa shape index (κ1) is 30.0. The molecule has 2 N–H and O–H groups in total. The van der Waals surface area contributed by atoms with Gasteiger partial charge in [-0.25, -0.2) is 0 Å². The Morgan fingerprint density at radius 2 is 0.929 bits per heavy atom. The van der Waals surface area contributed by atoms with Crippen LogP contribution >= 0.6 is 0 Å². The number of benzene rings is 3. The van der Waals surface area contributed by atoms with Gasteiger partial charge in [0.25, 0.3) is 0 Å². The summed E-state index contributed by atoms with van der Waals surface area (Å²) in [5.74, 6) is 0.104. The number of amides is 2. The van der Waals surface area contributed by atoms with Crippen LogP contribution in [0.4, 0.5) is 11.4 Å². The van der Waals surface area contributed by atoms with Crippen molar-refractivity contribution in [2.75, 3.05) is 49.9 Å². The fourth-order valence-electron chi connectivity index (χ4n) is 6.26. The molecule has 0 aliphatic carbocycles. The molecule has 0 radical (unpaired) electrons. The second-order valence-corrected chi connectivity index (χ2v) is 13.0. The number of rotatable bonds is 10. The van der Waals surface area contributed by atoms with Crippen LogP contribution < -0.4 is 10.6 Å². The normalized spacial score (nSPS) is 16.5. The van der Waals surface area contributed by atoms with Gasteiger partial charge in [-0.3, -0.25) is 19.4 Å². The fraction of sp³-hybridized carbons (Fsp3) is 0.444. The zero-order chi connectivity index (χ0) is 29.7. The molecule has 42 heavy (non-hydrogen) atoms. The summed E-state index contributed by atoms with van der Waals surface area (Å²) in [6, 6.07) is 25.4. The van der Waals surface area contributed by atoms with Crippen LogP contribution in [0.25, 0.3) is 0 Å². The van der Waals surface area contributed by atoms with Crippen molar-refractivity contribution in [1.29, 1.82) is 0 Å². The molecular formula is C36H46N4O2. The molecule has 0 spiro atoms. The predicted octanol–water partition coefficient (Wildman–Crippen LogP) is 6.41. The summed E-state index contributed by atoms with van der Waals surface area (Å²) in [5, 5.41) is 6.12.